The second kappa shape index (κ2) is 19.8. The minimum absolute atomic E-state index is 0.0127. The van der Waals surface area contributed by atoms with Crippen LogP contribution in [0.1, 0.15) is 81.4 Å². The monoisotopic (exact) mass is 725 g/mol. The van der Waals surface area contributed by atoms with Crippen LogP contribution in [0.3, 0.4) is 0 Å². The number of hydrogen-bond acceptors (Lipinski definition) is 12. The van der Waals surface area contributed by atoms with Crippen molar-refractivity contribution in [2.45, 2.75) is 95.0 Å². The zero-order valence-electron chi connectivity index (χ0n) is 30.7. The summed E-state index contributed by atoms with van der Waals surface area (Å²) < 4.78 is 38.4. The number of benzene rings is 1. The molecule has 0 radical (unpaired) electrons. The van der Waals surface area contributed by atoms with Gasteiger partial charge in [0, 0.05) is 50.9 Å². The molecule has 2 aromatic rings. The first-order valence-electron chi connectivity index (χ1n) is 17.7. The van der Waals surface area contributed by atoms with Crippen molar-refractivity contribution in [3.63, 3.8) is 0 Å². The molecule has 52 heavy (non-hydrogen) atoms. The van der Waals surface area contributed by atoms with E-state index in [2.05, 4.69) is 5.32 Å². The van der Waals surface area contributed by atoms with Crippen LogP contribution in [0.15, 0.2) is 41.2 Å². The number of unbranched alkanes of at least 4 members (excludes halogenated alkanes) is 3. The first-order valence-corrected chi connectivity index (χ1v) is 17.7. The van der Waals surface area contributed by atoms with Crippen LogP contribution < -0.4 is 29.7 Å². The summed E-state index contributed by atoms with van der Waals surface area (Å²) >= 11 is 0. The van der Waals surface area contributed by atoms with E-state index in [1.807, 2.05) is 12.1 Å². The lowest BCUT2D eigenvalue weighted by molar-refractivity contribution is -0.149. The highest BCUT2D eigenvalue weighted by Crippen LogP contribution is 2.50. The highest BCUT2D eigenvalue weighted by Gasteiger charge is 2.30. The standard InChI is InChI=1S/C39H51NO12/c1-46-27(21-25(41)20-26-11-10-14-36(45)52-26)23-51-35(44)13-9-7-6-8-12-34(43)40-30-17-15-24-19-33(48-3)38(49-4)39(50-5)37(24)28-16-18-32(47-2)31(42)22-29(28)30/h10,14,16,18-19,22,25-27,30,41H,6-9,11-13,15,17,20-21,23H2,1-5H3,(H,40,43)/t25-,26+,27+,30+/m1/s1. The van der Waals surface area contributed by atoms with E-state index in [0.717, 1.165) is 29.5 Å². The molecule has 0 fully saturated rings. The summed E-state index contributed by atoms with van der Waals surface area (Å²) in [5.41, 5.74) is 2.77. The number of esters is 2. The topological polar surface area (TPSA) is 165 Å². The largest absolute Gasteiger partial charge is 0.493 e. The number of fused-ring (bicyclic) bond motifs is 3. The fourth-order valence-electron chi connectivity index (χ4n) is 6.70. The van der Waals surface area contributed by atoms with Gasteiger partial charge in [0.1, 0.15) is 12.7 Å². The van der Waals surface area contributed by atoms with E-state index in [9.17, 15) is 24.3 Å². The molecule has 1 aliphatic carbocycles. The molecule has 2 aromatic carbocycles. The third-order valence-electron chi connectivity index (χ3n) is 9.36. The second-order valence-corrected chi connectivity index (χ2v) is 12.9. The number of carbonyl (C=O) groups excluding carboxylic acids is 3. The van der Waals surface area contributed by atoms with Crippen LogP contribution >= 0.6 is 0 Å². The third kappa shape index (κ3) is 10.7. The normalized spacial score (nSPS) is 17.4. The number of carbonyl (C=O) groups is 3. The van der Waals surface area contributed by atoms with Crippen LogP contribution in [-0.2, 0) is 35.0 Å². The Morgan fingerprint density at radius 2 is 1.65 bits per heavy atom. The van der Waals surface area contributed by atoms with Crippen molar-refractivity contribution in [1.82, 2.24) is 5.32 Å². The van der Waals surface area contributed by atoms with E-state index in [-0.39, 0.29) is 61.4 Å². The zero-order valence-corrected chi connectivity index (χ0v) is 30.7. The Kier molecular flexibility index (Phi) is 15.3. The molecule has 0 saturated heterocycles. The number of aliphatic hydroxyl groups excluding tert-OH is 1. The number of aryl methyl sites for hydroxylation is 1. The summed E-state index contributed by atoms with van der Waals surface area (Å²) in [6.45, 7) is 0.0127. The molecule has 1 aliphatic heterocycles. The maximum absolute atomic E-state index is 13.2. The minimum Gasteiger partial charge on any atom is -0.493 e. The lowest BCUT2D eigenvalue weighted by Gasteiger charge is -2.24. The van der Waals surface area contributed by atoms with Crippen LogP contribution in [0.25, 0.3) is 11.1 Å². The highest BCUT2D eigenvalue weighted by atomic mass is 16.6. The molecule has 0 saturated carbocycles. The van der Waals surface area contributed by atoms with Gasteiger partial charge in [-0.15, -0.1) is 0 Å². The molecule has 0 unspecified atom stereocenters. The first kappa shape index (κ1) is 40.2. The quantitative estimate of drug-likeness (QED) is 0.151. The number of rotatable bonds is 19. The maximum Gasteiger partial charge on any atom is 0.330 e. The zero-order chi connectivity index (χ0) is 37.6. The summed E-state index contributed by atoms with van der Waals surface area (Å²) in [6.07, 6.45) is 6.87. The molecular formula is C39H51NO12. The predicted molar refractivity (Wildman–Crippen MR) is 192 cm³/mol. The van der Waals surface area contributed by atoms with Crippen molar-refractivity contribution in [1.29, 1.82) is 0 Å². The molecule has 4 rings (SSSR count). The fraction of sp³-hybridized carbons (Fsp3) is 0.538. The van der Waals surface area contributed by atoms with Gasteiger partial charge in [-0.3, -0.25) is 14.4 Å². The van der Waals surface area contributed by atoms with Crippen LogP contribution in [-0.4, -0.2) is 83.4 Å². The van der Waals surface area contributed by atoms with Crippen molar-refractivity contribution in [2.24, 2.45) is 0 Å². The Labute approximate surface area is 304 Å². The number of ether oxygens (including phenoxy) is 7. The Morgan fingerprint density at radius 3 is 2.33 bits per heavy atom. The van der Waals surface area contributed by atoms with Crippen molar-refractivity contribution in [3.8, 4) is 34.1 Å². The summed E-state index contributed by atoms with van der Waals surface area (Å²) in [6, 6.07) is 6.41. The Hall–Kier alpha value is -4.62. The number of amides is 1. The number of cyclic esters (lactones) is 1. The van der Waals surface area contributed by atoms with Crippen LogP contribution in [0.4, 0.5) is 0 Å². The number of nitrogens with one attached hydrogen (secondary N) is 1. The maximum atomic E-state index is 13.2. The number of hydrogen-bond donors (Lipinski definition) is 2. The highest BCUT2D eigenvalue weighted by molar-refractivity contribution is 5.84. The van der Waals surface area contributed by atoms with Gasteiger partial charge in [0.05, 0.1) is 46.7 Å². The van der Waals surface area contributed by atoms with Crippen LogP contribution in [0, 0.1) is 0 Å². The van der Waals surface area contributed by atoms with Crippen molar-refractivity contribution >= 4 is 17.8 Å². The average molecular weight is 726 g/mol. The van der Waals surface area contributed by atoms with Crippen molar-refractivity contribution in [3.05, 3.63) is 57.8 Å². The molecule has 4 atom stereocenters. The first-order chi connectivity index (χ1) is 25.1. The Balaban J connectivity index is 1.27. The fourth-order valence-corrected chi connectivity index (χ4v) is 6.70. The number of aliphatic hydroxyl groups is 1. The van der Waals surface area contributed by atoms with Crippen LogP contribution in [0.2, 0.25) is 0 Å². The Bertz CT molecular complexity index is 1640. The summed E-state index contributed by atoms with van der Waals surface area (Å²) in [5.74, 6) is 0.688. The van der Waals surface area contributed by atoms with Crippen molar-refractivity contribution in [2.75, 3.05) is 42.2 Å². The molecule has 13 nitrogen and oxygen atoms in total. The molecule has 284 valence electrons. The van der Waals surface area contributed by atoms with Gasteiger partial charge in [-0.2, -0.15) is 0 Å². The summed E-state index contributed by atoms with van der Waals surface area (Å²) in [5, 5.41) is 13.6. The van der Waals surface area contributed by atoms with Gasteiger partial charge in [-0.05, 0) is 60.6 Å². The summed E-state index contributed by atoms with van der Waals surface area (Å²) in [7, 11) is 7.58. The van der Waals surface area contributed by atoms with Gasteiger partial charge in [-0.1, -0.05) is 25.0 Å². The van der Waals surface area contributed by atoms with Crippen LogP contribution in [0.5, 0.6) is 23.0 Å². The average Bonchev–Trinajstić information content (AvgIpc) is 3.38. The molecule has 13 heteroatoms. The second-order valence-electron chi connectivity index (χ2n) is 12.9. The number of methoxy groups -OCH3 is 5. The van der Waals surface area contributed by atoms with E-state index in [0.29, 0.717) is 54.9 Å². The van der Waals surface area contributed by atoms with Gasteiger partial charge in [0.25, 0.3) is 0 Å². The van der Waals surface area contributed by atoms with E-state index < -0.39 is 24.2 Å². The van der Waals surface area contributed by atoms with Gasteiger partial charge in [0.2, 0.25) is 17.1 Å². The third-order valence-corrected chi connectivity index (χ3v) is 9.36. The van der Waals surface area contributed by atoms with Gasteiger partial charge >= 0.3 is 11.9 Å². The molecule has 1 heterocycles. The lowest BCUT2D eigenvalue weighted by atomic mass is 9.95. The van der Waals surface area contributed by atoms with Gasteiger partial charge in [0.15, 0.2) is 17.2 Å². The SMILES string of the molecule is COc1cc2c(c(OC)c1OC)-c1ccc(OC)c(=O)cc1[C@@H](NC(=O)CCCCCCC(=O)OC[C@H](C[C@H](O)C[C@@H]1CC=CC(=O)O1)OC)CC2. The predicted octanol–water partition coefficient (Wildman–Crippen LogP) is 4.76. The molecule has 0 bridgehead atoms. The van der Waals surface area contributed by atoms with E-state index in [4.69, 9.17) is 33.2 Å². The smallest absolute Gasteiger partial charge is 0.330 e. The molecular weight excluding hydrogens is 674 g/mol. The molecule has 2 N–H and O–H groups in total. The van der Waals surface area contributed by atoms with Gasteiger partial charge in [-0.25, -0.2) is 4.79 Å². The summed E-state index contributed by atoms with van der Waals surface area (Å²) in [4.78, 5) is 50.1. The minimum atomic E-state index is -0.772. The molecule has 2 aliphatic rings. The van der Waals surface area contributed by atoms with Gasteiger partial charge < -0.3 is 43.6 Å². The van der Waals surface area contributed by atoms with Crippen molar-refractivity contribution < 1.29 is 52.6 Å². The molecule has 1 amide bonds. The molecule has 0 spiro atoms. The molecule has 0 aromatic heterocycles. The van der Waals surface area contributed by atoms with E-state index in [1.54, 1.807) is 26.4 Å². The Morgan fingerprint density at radius 1 is 0.923 bits per heavy atom. The van der Waals surface area contributed by atoms with E-state index in [1.165, 1.54) is 33.5 Å². The lowest BCUT2D eigenvalue weighted by Crippen LogP contribution is -2.30. The van der Waals surface area contributed by atoms with E-state index >= 15 is 0 Å².